The maximum Gasteiger partial charge on any atom is 0.220 e. The van der Waals surface area contributed by atoms with Crippen molar-refractivity contribution in [2.75, 3.05) is 6.54 Å². The highest BCUT2D eigenvalue weighted by Crippen LogP contribution is 2.28. The number of carbonyl (C=O) groups is 3. The molecule has 1 saturated carbocycles. The summed E-state index contributed by atoms with van der Waals surface area (Å²) in [4.78, 5) is 34.3. The second-order valence-electron chi connectivity index (χ2n) is 9.58. The van der Waals surface area contributed by atoms with Crippen LogP contribution >= 0.6 is 0 Å². The molecule has 30 heavy (non-hydrogen) atoms. The molecule has 0 spiro atoms. The molecule has 4 nitrogen and oxygen atoms in total. The topological polar surface area (TPSA) is 63.2 Å². The van der Waals surface area contributed by atoms with Crippen molar-refractivity contribution >= 4 is 17.5 Å². The Bertz CT molecular complexity index is 481. The molecule has 1 N–H and O–H groups in total. The van der Waals surface area contributed by atoms with E-state index in [-0.39, 0.29) is 11.8 Å². The van der Waals surface area contributed by atoms with Gasteiger partial charge in [-0.15, -0.1) is 0 Å². The highest BCUT2D eigenvalue weighted by atomic mass is 16.1. The van der Waals surface area contributed by atoms with E-state index in [0.29, 0.717) is 23.9 Å². The maximum absolute atomic E-state index is 12.0. The molecule has 1 amide bonds. The summed E-state index contributed by atoms with van der Waals surface area (Å²) < 4.78 is 0. The number of carbonyl (C=O) groups excluding carboxylic acids is 3. The van der Waals surface area contributed by atoms with Gasteiger partial charge >= 0.3 is 0 Å². The van der Waals surface area contributed by atoms with Gasteiger partial charge in [0.25, 0.3) is 0 Å². The van der Waals surface area contributed by atoms with Crippen LogP contribution in [0, 0.1) is 11.8 Å². The van der Waals surface area contributed by atoms with Crippen LogP contribution in [0.4, 0.5) is 0 Å². The zero-order valence-electron chi connectivity index (χ0n) is 19.8. The third-order valence-corrected chi connectivity index (χ3v) is 6.69. The van der Waals surface area contributed by atoms with E-state index >= 15 is 0 Å². The van der Waals surface area contributed by atoms with Crippen molar-refractivity contribution < 1.29 is 14.4 Å². The first-order valence-electron chi connectivity index (χ1n) is 12.8. The zero-order chi connectivity index (χ0) is 22.0. The van der Waals surface area contributed by atoms with Crippen LogP contribution in [0.15, 0.2) is 0 Å². The molecule has 0 aliphatic heterocycles. The number of rotatable bonds is 18. The Labute approximate surface area is 185 Å². The smallest absolute Gasteiger partial charge is 0.220 e. The molecule has 1 fully saturated rings. The van der Waals surface area contributed by atoms with Gasteiger partial charge in [-0.1, -0.05) is 64.2 Å². The summed E-state index contributed by atoms with van der Waals surface area (Å²) in [6.07, 6.45) is 20.4. The second kappa shape index (κ2) is 17.5. The molecule has 1 aliphatic carbocycles. The first-order chi connectivity index (χ1) is 14.5. The summed E-state index contributed by atoms with van der Waals surface area (Å²) in [5, 5.41) is 3.10. The fourth-order valence-corrected chi connectivity index (χ4v) is 4.55. The van der Waals surface area contributed by atoms with Crippen molar-refractivity contribution in [3.8, 4) is 0 Å². The molecule has 0 heterocycles. The number of ketones is 2. The normalized spacial score (nSPS) is 18.9. The molecule has 0 radical (unpaired) electrons. The largest absolute Gasteiger partial charge is 0.356 e. The molecule has 0 atom stereocenters. The number of unbranched alkanes of at least 4 members (excludes halogenated alkanes) is 11. The standard InChI is InChI=1S/C26H47NO3/c1-22(28)15-13-11-9-7-5-3-4-6-8-10-12-14-16-26(30)27-21-24-17-19-25(20-18-24)23(2)29/h24-25H,3-21H2,1-2H3,(H,27,30)/t24-,25-. The Hall–Kier alpha value is -1.19. The Morgan fingerprint density at radius 3 is 1.50 bits per heavy atom. The van der Waals surface area contributed by atoms with Gasteiger partial charge in [0.2, 0.25) is 5.91 Å². The van der Waals surface area contributed by atoms with Crippen LogP contribution in [0.3, 0.4) is 0 Å². The van der Waals surface area contributed by atoms with E-state index in [1.54, 1.807) is 13.8 Å². The van der Waals surface area contributed by atoms with Gasteiger partial charge in [-0.25, -0.2) is 0 Å². The van der Waals surface area contributed by atoms with Crippen molar-refractivity contribution in [2.24, 2.45) is 11.8 Å². The van der Waals surface area contributed by atoms with Crippen LogP contribution < -0.4 is 5.32 Å². The van der Waals surface area contributed by atoms with E-state index in [0.717, 1.165) is 57.9 Å². The first-order valence-corrected chi connectivity index (χ1v) is 12.8. The Balaban J connectivity index is 1.81. The minimum absolute atomic E-state index is 0.201. The van der Waals surface area contributed by atoms with Crippen molar-refractivity contribution in [1.29, 1.82) is 0 Å². The third kappa shape index (κ3) is 14.7. The van der Waals surface area contributed by atoms with Gasteiger partial charge in [-0.2, -0.15) is 0 Å². The van der Waals surface area contributed by atoms with E-state index in [9.17, 15) is 14.4 Å². The van der Waals surface area contributed by atoms with Gasteiger partial charge in [-0.05, 0) is 58.3 Å². The van der Waals surface area contributed by atoms with Crippen molar-refractivity contribution in [3.05, 3.63) is 0 Å². The summed E-state index contributed by atoms with van der Waals surface area (Å²) in [5.74, 6) is 1.67. The van der Waals surface area contributed by atoms with Crippen molar-refractivity contribution in [3.63, 3.8) is 0 Å². The Kier molecular flexibility index (Phi) is 15.6. The minimum Gasteiger partial charge on any atom is -0.356 e. The van der Waals surface area contributed by atoms with Gasteiger partial charge in [0.15, 0.2) is 0 Å². The highest BCUT2D eigenvalue weighted by molar-refractivity contribution is 5.78. The van der Waals surface area contributed by atoms with Crippen LogP contribution in [-0.4, -0.2) is 24.0 Å². The molecule has 0 aromatic rings. The summed E-state index contributed by atoms with van der Waals surface area (Å²) in [5.41, 5.74) is 0. The molecule has 174 valence electrons. The Morgan fingerprint density at radius 2 is 1.07 bits per heavy atom. The maximum atomic E-state index is 12.0. The molecule has 0 unspecified atom stereocenters. The lowest BCUT2D eigenvalue weighted by Gasteiger charge is -2.27. The van der Waals surface area contributed by atoms with Gasteiger partial charge in [0.05, 0.1) is 0 Å². The first kappa shape index (κ1) is 26.8. The molecule has 0 aromatic heterocycles. The van der Waals surface area contributed by atoms with Gasteiger partial charge in [0.1, 0.15) is 11.6 Å². The average molecular weight is 422 g/mol. The van der Waals surface area contributed by atoms with Gasteiger partial charge < -0.3 is 10.1 Å². The van der Waals surface area contributed by atoms with Crippen LogP contribution in [0.25, 0.3) is 0 Å². The zero-order valence-corrected chi connectivity index (χ0v) is 19.8. The minimum atomic E-state index is 0.201. The monoisotopic (exact) mass is 421 g/mol. The predicted octanol–water partition coefficient (Wildman–Crippen LogP) is 6.55. The molecule has 1 rings (SSSR count). The van der Waals surface area contributed by atoms with E-state index in [1.807, 2.05) is 0 Å². The van der Waals surface area contributed by atoms with Crippen molar-refractivity contribution in [1.82, 2.24) is 5.32 Å². The van der Waals surface area contributed by atoms with E-state index in [2.05, 4.69) is 5.32 Å². The predicted molar refractivity (Wildman–Crippen MR) is 124 cm³/mol. The van der Waals surface area contributed by atoms with Crippen LogP contribution in [0.5, 0.6) is 0 Å². The summed E-state index contributed by atoms with van der Waals surface area (Å²) >= 11 is 0. The SMILES string of the molecule is CC(=O)CCCCCCCCCCCCCCC(=O)NC[C@H]1CC[C@H](C(C)=O)CC1. The lowest BCUT2D eigenvalue weighted by molar-refractivity contribution is -0.123. The van der Waals surface area contributed by atoms with E-state index < -0.39 is 0 Å². The summed E-state index contributed by atoms with van der Waals surface area (Å²) in [6, 6.07) is 0. The lowest BCUT2D eigenvalue weighted by atomic mass is 9.80. The fourth-order valence-electron chi connectivity index (χ4n) is 4.55. The average Bonchev–Trinajstić information content (AvgIpc) is 2.72. The van der Waals surface area contributed by atoms with Crippen LogP contribution in [0.2, 0.25) is 0 Å². The molecule has 4 heteroatoms. The lowest BCUT2D eigenvalue weighted by Crippen LogP contribution is -2.32. The summed E-state index contributed by atoms with van der Waals surface area (Å²) in [7, 11) is 0. The van der Waals surface area contributed by atoms with Crippen LogP contribution in [0.1, 0.15) is 129 Å². The molecule has 1 aliphatic rings. The summed E-state index contributed by atoms with van der Waals surface area (Å²) in [6.45, 7) is 4.18. The number of hydrogen-bond acceptors (Lipinski definition) is 3. The van der Waals surface area contributed by atoms with Gasteiger partial charge in [-0.3, -0.25) is 9.59 Å². The highest BCUT2D eigenvalue weighted by Gasteiger charge is 2.23. The molecular weight excluding hydrogens is 374 g/mol. The number of amides is 1. The number of Topliss-reactive ketones (excluding diaryl/α,β-unsaturated/α-hetero) is 2. The molecular formula is C26H47NO3. The van der Waals surface area contributed by atoms with Crippen molar-refractivity contribution in [2.45, 2.75) is 129 Å². The fraction of sp³-hybridized carbons (Fsp3) is 0.885. The van der Waals surface area contributed by atoms with E-state index in [1.165, 1.54) is 57.8 Å². The Morgan fingerprint density at radius 1 is 0.633 bits per heavy atom. The van der Waals surface area contributed by atoms with Gasteiger partial charge in [0, 0.05) is 25.3 Å². The quantitative estimate of drug-likeness (QED) is 0.255. The number of hydrogen-bond donors (Lipinski definition) is 1. The third-order valence-electron chi connectivity index (χ3n) is 6.69. The molecule has 0 saturated heterocycles. The van der Waals surface area contributed by atoms with Crippen LogP contribution in [-0.2, 0) is 14.4 Å². The molecule has 0 aromatic carbocycles. The number of nitrogens with one attached hydrogen (secondary N) is 1. The van der Waals surface area contributed by atoms with E-state index in [4.69, 9.17) is 0 Å². The molecule has 0 bridgehead atoms. The second-order valence-corrected chi connectivity index (χ2v) is 9.58.